The highest BCUT2D eigenvalue weighted by atomic mass is 79.9. The normalized spacial score (nSPS) is 13.6. The Bertz CT molecular complexity index is 708. The Hall–Kier alpha value is -0.320. The molecule has 0 radical (unpaired) electrons. The van der Waals surface area contributed by atoms with Crippen molar-refractivity contribution in [1.29, 1.82) is 0 Å². The van der Waals surface area contributed by atoms with Crippen LogP contribution in [0.3, 0.4) is 0 Å². The summed E-state index contributed by atoms with van der Waals surface area (Å²) in [5.74, 6) is 0. The summed E-state index contributed by atoms with van der Waals surface area (Å²) in [5.41, 5.74) is 6.42. The Kier molecular flexibility index (Phi) is 4.98. The van der Waals surface area contributed by atoms with Crippen molar-refractivity contribution >= 4 is 48.6 Å². The molecule has 5 nitrogen and oxygen atoms in total. The average Bonchev–Trinajstić information content (AvgIpc) is 2.95. The van der Waals surface area contributed by atoms with Crippen molar-refractivity contribution in [1.82, 2.24) is 9.71 Å². The number of hydrogen-bond donors (Lipinski definition) is 2. The summed E-state index contributed by atoms with van der Waals surface area (Å²) >= 11 is 6.04. The first-order valence-corrected chi connectivity index (χ1v) is 9.73. The first kappa shape index (κ1) is 16.1. The molecule has 110 valence electrons. The van der Waals surface area contributed by atoms with Crippen LogP contribution < -0.4 is 10.5 Å². The van der Waals surface area contributed by atoms with E-state index in [9.17, 15) is 8.42 Å². The van der Waals surface area contributed by atoms with Gasteiger partial charge >= 0.3 is 0 Å². The maximum Gasteiger partial charge on any atom is 0.243 e. The van der Waals surface area contributed by atoms with Gasteiger partial charge in [0.2, 0.25) is 10.0 Å². The number of nitrogens with one attached hydrogen (secondary N) is 1. The molecule has 2 aromatic rings. The minimum absolute atomic E-state index is 0.225. The van der Waals surface area contributed by atoms with Crippen LogP contribution in [0.1, 0.15) is 28.5 Å². The van der Waals surface area contributed by atoms with Gasteiger partial charge < -0.3 is 5.73 Å². The molecule has 0 aromatic carbocycles. The lowest BCUT2D eigenvalue weighted by Gasteiger charge is -2.11. The van der Waals surface area contributed by atoms with Gasteiger partial charge in [-0.15, -0.1) is 22.7 Å². The molecular formula is C11H14BrN3O2S3. The van der Waals surface area contributed by atoms with Crippen LogP contribution in [0.25, 0.3) is 0 Å². The van der Waals surface area contributed by atoms with E-state index in [4.69, 9.17) is 5.73 Å². The quantitative estimate of drug-likeness (QED) is 0.814. The number of thiazole rings is 1. The zero-order chi connectivity index (χ0) is 14.9. The van der Waals surface area contributed by atoms with E-state index in [1.165, 1.54) is 22.7 Å². The number of sulfonamides is 1. The minimum Gasteiger partial charge on any atom is -0.326 e. The summed E-state index contributed by atoms with van der Waals surface area (Å²) in [4.78, 5) is 5.33. The van der Waals surface area contributed by atoms with Gasteiger partial charge in [-0.25, -0.2) is 18.1 Å². The minimum atomic E-state index is -3.59. The SMILES string of the molecule is Cc1csc(C(C)NS(=O)(=O)c2cc(CN)sc2Br)n1. The van der Waals surface area contributed by atoms with Crippen molar-refractivity contribution in [3.05, 3.63) is 30.8 Å². The van der Waals surface area contributed by atoms with Gasteiger partial charge in [0.15, 0.2) is 0 Å². The van der Waals surface area contributed by atoms with E-state index in [0.717, 1.165) is 15.6 Å². The summed E-state index contributed by atoms with van der Waals surface area (Å²) < 4.78 is 27.9. The van der Waals surface area contributed by atoms with Crippen molar-refractivity contribution in [3.63, 3.8) is 0 Å². The third-order valence-corrected chi connectivity index (χ3v) is 7.50. The third kappa shape index (κ3) is 3.46. The number of rotatable bonds is 5. The fraction of sp³-hybridized carbons (Fsp3) is 0.364. The second-order valence-electron chi connectivity index (χ2n) is 4.22. The highest BCUT2D eigenvalue weighted by molar-refractivity contribution is 9.11. The fourth-order valence-electron chi connectivity index (χ4n) is 1.60. The summed E-state index contributed by atoms with van der Waals surface area (Å²) in [6, 6.07) is 1.23. The first-order valence-electron chi connectivity index (χ1n) is 5.76. The van der Waals surface area contributed by atoms with Crippen LogP contribution in [0, 0.1) is 6.92 Å². The number of hydrogen-bond acceptors (Lipinski definition) is 6. The molecule has 0 saturated heterocycles. The molecule has 0 aliphatic heterocycles. The smallest absolute Gasteiger partial charge is 0.243 e. The van der Waals surface area contributed by atoms with Gasteiger partial charge in [0.05, 0.1) is 9.83 Å². The van der Waals surface area contributed by atoms with E-state index in [2.05, 4.69) is 25.6 Å². The van der Waals surface area contributed by atoms with Gasteiger partial charge in [-0.3, -0.25) is 0 Å². The molecule has 1 unspecified atom stereocenters. The molecule has 9 heteroatoms. The topological polar surface area (TPSA) is 85.1 Å². The van der Waals surface area contributed by atoms with Crippen LogP contribution in [0.5, 0.6) is 0 Å². The molecular weight excluding hydrogens is 382 g/mol. The van der Waals surface area contributed by atoms with Crippen LogP contribution in [-0.2, 0) is 16.6 Å². The van der Waals surface area contributed by atoms with Crippen LogP contribution in [0.15, 0.2) is 20.1 Å². The number of aryl methyl sites for hydroxylation is 1. The van der Waals surface area contributed by atoms with Crippen LogP contribution in [-0.4, -0.2) is 13.4 Å². The van der Waals surface area contributed by atoms with E-state index in [1.54, 1.807) is 13.0 Å². The molecule has 3 N–H and O–H groups in total. The molecule has 0 amide bonds. The van der Waals surface area contributed by atoms with E-state index in [1.807, 2.05) is 12.3 Å². The monoisotopic (exact) mass is 395 g/mol. The number of halogens is 1. The third-order valence-electron chi connectivity index (χ3n) is 2.54. The molecule has 2 rings (SSSR count). The second kappa shape index (κ2) is 6.20. The Morgan fingerprint density at radius 1 is 1.55 bits per heavy atom. The fourth-order valence-corrected chi connectivity index (χ4v) is 6.25. The molecule has 1 atom stereocenters. The summed E-state index contributed by atoms with van der Waals surface area (Å²) in [5, 5.41) is 2.64. The van der Waals surface area contributed by atoms with Crippen molar-refractivity contribution in [2.24, 2.45) is 5.73 Å². The molecule has 0 fully saturated rings. The summed E-state index contributed by atoms with van der Waals surface area (Å²) in [6.45, 7) is 3.98. The molecule has 0 bridgehead atoms. The van der Waals surface area contributed by atoms with Crippen molar-refractivity contribution < 1.29 is 8.42 Å². The predicted molar refractivity (Wildman–Crippen MR) is 85.5 cm³/mol. The lowest BCUT2D eigenvalue weighted by molar-refractivity contribution is 0.566. The number of nitrogens with zero attached hydrogens (tertiary/aromatic N) is 1. The number of nitrogens with two attached hydrogens (primary N) is 1. The van der Waals surface area contributed by atoms with Gasteiger partial charge in [-0.05, 0) is 35.8 Å². The molecule has 20 heavy (non-hydrogen) atoms. The van der Waals surface area contributed by atoms with Gasteiger partial charge in [0.1, 0.15) is 9.90 Å². The van der Waals surface area contributed by atoms with E-state index < -0.39 is 10.0 Å². The zero-order valence-electron chi connectivity index (χ0n) is 10.9. The largest absolute Gasteiger partial charge is 0.326 e. The van der Waals surface area contributed by atoms with Gasteiger partial charge in [-0.2, -0.15) is 0 Å². The van der Waals surface area contributed by atoms with Crippen molar-refractivity contribution in [2.75, 3.05) is 0 Å². The van der Waals surface area contributed by atoms with E-state index in [0.29, 0.717) is 10.3 Å². The lowest BCUT2D eigenvalue weighted by atomic mass is 10.4. The molecule has 2 aromatic heterocycles. The second-order valence-corrected chi connectivity index (χ2v) is 9.25. The Morgan fingerprint density at radius 3 is 2.75 bits per heavy atom. The van der Waals surface area contributed by atoms with Gasteiger partial charge in [0, 0.05) is 22.5 Å². The standard InChI is InChI=1S/C11H14BrN3O2S3/c1-6-5-18-11(14-6)7(2)15-20(16,17)9-3-8(4-13)19-10(9)12/h3,5,7,15H,4,13H2,1-2H3. The Balaban J connectivity index is 2.24. The average molecular weight is 396 g/mol. The molecule has 2 heterocycles. The number of aromatic nitrogens is 1. The first-order chi connectivity index (χ1) is 9.33. The maximum absolute atomic E-state index is 12.4. The Labute approximate surface area is 134 Å². The van der Waals surface area contributed by atoms with Crippen molar-refractivity contribution in [2.45, 2.75) is 31.3 Å². The molecule has 0 aliphatic carbocycles. The summed E-state index contributed by atoms with van der Waals surface area (Å²) in [6.07, 6.45) is 0. The number of thiophene rings is 1. The van der Waals surface area contributed by atoms with Gasteiger partial charge in [-0.1, -0.05) is 0 Å². The molecule has 0 aliphatic rings. The maximum atomic E-state index is 12.4. The highest BCUT2D eigenvalue weighted by Gasteiger charge is 2.24. The zero-order valence-corrected chi connectivity index (χ0v) is 14.9. The molecule has 0 spiro atoms. The Morgan fingerprint density at radius 2 is 2.25 bits per heavy atom. The van der Waals surface area contributed by atoms with Crippen LogP contribution >= 0.6 is 38.6 Å². The van der Waals surface area contributed by atoms with E-state index in [-0.39, 0.29) is 10.9 Å². The van der Waals surface area contributed by atoms with E-state index >= 15 is 0 Å². The predicted octanol–water partition coefficient (Wildman–Crippen LogP) is 2.77. The van der Waals surface area contributed by atoms with Crippen molar-refractivity contribution in [3.8, 4) is 0 Å². The highest BCUT2D eigenvalue weighted by Crippen LogP contribution is 2.32. The van der Waals surface area contributed by atoms with Crippen LogP contribution in [0.2, 0.25) is 0 Å². The van der Waals surface area contributed by atoms with Crippen LogP contribution in [0.4, 0.5) is 0 Å². The molecule has 0 saturated carbocycles. The summed E-state index contributed by atoms with van der Waals surface area (Å²) in [7, 11) is -3.59. The van der Waals surface area contributed by atoms with Gasteiger partial charge in [0.25, 0.3) is 0 Å². The lowest BCUT2D eigenvalue weighted by Crippen LogP contribution is -2.26.